The maximum absolute atomic E-state index is 12.3. The molecule has 122 valence electrons. The molecule has 0 aliphatic carbocycles. The van der Waals surface area contributed by atoms with Crippen molar-refractivity contribution >= 4 is 23.6 Å². The smallest absolute Gasteiger partial charge is 0.243 e. The van der Waals surface area contributed by atoms with Gasteiger partial charge >= 0.3 is 0 Å². The summed E-state index contributed by atoms with van der Waals surface area (Å²) in [6.07, 6.45) is 0. The Morgan fingerprint density at radius 3 is 2.27 bits per heavy atom. The second kappa shape index (κ2) is 8.08. The fourth-order valence-corrected chi connectivity index (χ4v) is 2.66. The summed E-state index contributed by atoms with van der Waals surface area (Å²) in [5.74, 6) is 0.856. The Morgan fingerprint density at radius 1 is 1.23 bits per heavy atom. The van der Waals surface area contributed by atoms with E-state index in [9.17, 15) is 9.59 Å². The molecular weight excluding hydrogens is 300 g/mol. The van der Waals surface area contributed by atoms with Crippen molar-refractivity contribution in [3.05, 3.63) is 24.3 Å². The lowest BCUT2D eigenvalue weighted by Gasteiger charge is -2.25. The van der Waals surface area contributed by atoms with E-state index in [2.05, 4.69) is 10.6 Å². The first-order valence-corrected chi connectivity index (χ1v) is 8.06. The minimum absolute atomic E-state index is 0.177. The number of thioether (sulfide) groups is 1. The van der Waals surface area contributed by atoms with Crippen molar-refractivity contribution in [2.75, 3.05) is 12.9 Å². The average molecular weight is 324 g/mol. The first-order valence-electron chi connectivity index (χ1n) is 7.07. The normalized spacial score (nSPS) is 12.4. The van der Waals surface area contributed by atoms with E-state index in [1.54, 1.807) is 7.11 Å². The molecule has 1 aromatic carbocycles. The van der Waals surface area contributed by atoms with E-state index in [-0.39, 0.29) is 17.4 Å². The quantitative estimate of drug-likeness (QED) is 0.787. The molecule has 0 saturated carbocycles. The van der Waals surface area contributed by atoms with Gasteiger partial charge in [-0.3, -0.25) is 9.59 Å². The van der Waals surface area contributed by atoms with Crippen molar-refractivity contribution in [1.29, 1.82) is 0 Å². The Balaban J connectivity index is 2.67. The van der Waals surface area contributed by atoms with Crippen LogP contribution in [0.5, 0.6) is 5.75 Å². The van der Waals surface area contributed by atoms with Crippen molar-refractivity contribution in [2.45, 2.75) is 44.2 Å². The van der Waals surface area contributed by atoms with Gasteiger partial charge < -0.3 is 15.4 Å². The first kappa shape index (κ1) is 18.4. The summed E-state index contributed by atoms with van der Waals surface area (Å²) in [6.45, 7) is 7.14. The van der Waals surface area contributed by atoms with Gasteiger partial charge in [-0.15, -0.1) is 11.8 Å². The fraction of sp³-hybridized carbons (Fsp3) is 0.500. The van der Waals surface area contributed by atoms with E-state index in [4.69, 9.17) is 4.74 Å². The van der Waals surface area contributed by atoms with Gasteiger partial charge in [0.1, 0.15) is 11.8 Å². The lowest BCUT2D eigenvalue weighted by molar-refractivity contribution is -0.128. The van der Waals surface area contributed by atoms with Gasteiger partial charge in [0, 0.05) is 23.1 Å². The minimum Gasteiger partial charge on any atom is -0.497 e. The molecule has 2 amide bonds. The van der Waals surface area contributed by atoms with E-state index < -0.39 is 6.04 Å². The SMILES string of the molecule is COc1ccc(SCC(NC(C)=O)C(=O)NC(C)(C)C)cc1. The molecule has 0 fully saturated rings. The number of methoxy groups -OCH3 is 1. The second-order valence-electron chi connectivity index (χ2n) is 5.98. The molecule has 22 heavy (non-hydrogen) atoms. The summed E-state index contributed by atoms with van der Waals surface area (Å²) in [5.41, 5.74) is -0.335. The van der Waals surface area contributed by atoms with Gasteiger partial charge in [0.05, 0.1) is 7.11 Å². The summed E-state index contributed by atoms with van der Waals surface area (Å²) >= 11 is 1.51. The van der Waals surface area contributed by atoms with Crippen LogP contribution in [0.1, 0.15) is 27.7 Å². The number of rotatable bonds is 6. The standard InChI is InChI=1S/C16H24N2O3S/c1-11(19)17-14(15(20)18-16(2,3)4)10-22-13-8-6-12(21-5)7-9-13/h6-9,14H,10H2,1-5H3,(H,17,19)(H,18,20). The monoisotopic (exact) mass is 324 g/mol. The molecule has 6 heteroatoms. The van der Waals surface area contributed by atoms with Crippen LogP contribution in [0.4, 0.5) is 0 Å². The van der Waals surface area contributed by atoms with Gasteiger partial charge in [-0.05, 0) is 45.0 Å². The molecule has 0 radical (unpaired) electrons. The van der Waals surface area contributed by atoms with Crippen molar-refractivity contribution < 1.29 is 14.3 Å². The Kier molecular flexibility index (Phi) is 6.74. The molecular formula is C16H24N2O3S. The molecule has 1 atom stereocenters. The lowest BCUT2D eigenvalue weighted by atomic mass is 10.1. The van der Waals surface area contributed by atoms with E-state index in [1.807, 2.05) is 45.0 Å². The highest BCUT2D eigenvalue weighted by Gasteiger charge is 2.23. The summed E-state index contributed by atoms with van der Waals surface area (Å²) in [4.78, 5) is 24.6. The molecule has 0 spiro atoms. The van der Waals surface area contributed by atoms with E-state index in [0.29, 0.717) is 5.75 Å². The van der Waals surface area contributed by atoms with Crippen LogP contribution in [0.3, 0.4) is 0 Å². The van der Waals surface area contributed by atoms with E-state index in [1.165, 1.54) is 18.7 Å². The average Bonchev–Trinajstić information content (AvgIpc) is 2.41. The molecule has 1 aromatic rings. The molecule has 0 saturated heterocycles. The highest BCUT2D eigenvalue weighted by Crippen LogP contribution is 2.22. The summed E-state index contributed by atoms with van der Waals surface area (Å²) in [7, 11) is 1.62. The zero-order chi connectivity index (χ0) is 16.8. The predicted molar refractivity (Wildman–Crippen MR) is 89.2 cm³/mol. The van der Waals surface area contributed by atoms with Crippen molar-refractivity contribution in [3.8, 4) is 5.75 Å². The molecule has 1 rings (SSSR count). The first-order chi connectivity index (χ1) is 10.2. The molecule has 5 nitrogen and oxygen atoms in total. The Hall–Kier alpha value is -1.69. The third-order valence-electron chi connectivity index (χ3n) is 2.67. The Morgan fingerprint density at radius 2 is 1.82 bits per heavy atom. The molecule has 0 bridgehead atoms. The molecule has 0 aliphatic heterocycles. The van der Waals surface area contributed by atoms with Crippen LogP contribution in [-0.4, -0.2) is 36.3 Å². The van der Waals surface area contributed by atoms with Crippen LogP contribution in [0.2, 0.25) is 0 Å². The van der Waals surface area contributed by atoms with E-state index in [0.717, 1.165) is 10.6 Å². The highest BCUT2D eigenvalue weighted by molar-refractivity contribution is 7.99. The Bertz CT molecular complexity index is 509. The fourth-order valence-electron chi connectivity index (χ4n) is 1.74. The van der Waals surface area contributed by atoms with Gasteiger partial charge in [0.2, 0.25) is 11.8 Å². The third-order valence-corrected chi connectivity index (χ3v) is 3.77. The number of amides is 2. The van der Waals surface area contributed by atoms with Gasteiger partial charge in [0.25, 0.3) is 0 Å². The zero-order valence-corrected chi connectivity index (χ0v) is 14.5. The third kappa shape index (κ3) is 6.85. The lowest BCUT2D eigenvalue weighted by Crippen LogP contribution is -2.52. The van der Waals surface area contributed by atoms with Crippen LogP contribution < -0.4 is 15.4 Å². The maximum atomic E-state index is 12.3. The van der Waals surface area contributed by atoms with Crippen LogP contribution in [0.15, 0.2) is 29.2 Å². The van der Waals surface area contributed by atoms with Gasteiger partial charge in [-0.1, -0.05) is 0 Å². The zero-order valence-electron chi connectivity index (χ0n) is 13.7. The molecule has 2 N–H and O–H groups in total. The highest BCUT2D eigenvalue weighted by atomic mass is 32.2. The largest absolute Gasteiger partial charge is 0.497 e. The van der Waals surface area contributed by atoms with E-state index >= 15 is 0 Å². The molecule has 1 unspecified atom stereocenters. The molecule has 0 aromatic heterocycles. The number of ether oxygens (including phenoxy) is 1. The van der Waals surface area contributed by atoms with Gasteiger partial charge in [0.15, 0.2) is 0 Å². The summed E-state index contributed by atoms with van der Waals surface area (Å²) in [5, 5.41) is 5.59. The van der Waals surface area contributed by atoms with Crippen LogP contribution in [-0.2, 0) is 9.59 Å². The van der Waals surface area contributed by atoms with Crippen LogP contribution in [0, 0.1) is 0 Å². The van der Waals surface area contributed by atoms with Crippen molar-refractivity contribution in [2.24, 2.45) is 0 Å². The van der Waals surface area contributed by atoms with Crippen molar-refractivity contribution in [1.82, 2.24) is 10.6 Å². The second-order valence-corrected chi connectivity index (χ2v) is 7.07. The summed E-state index contributed by atoms with van der Waals surface area (Å²) < 4.78 is 5.11. The molecule has 0 aliphatic rings. The number of hydrogen-bond donors (Lipinski definition) is 2. The topological polar surface area (TPSA) is 67.4 Å². The number of carbonyl (C=O) groups excluding carboxylic acids is 2. The predicted octanol–water partition coefficient (Wildman–Crippen LogP) is 2.21. The number of hydrogen-bond acceptors (Lipinski definition) is 4. The van der Waals surface area contributed by atoms with Crippen molar-refractivity contribution in [3.63, 3.8) is 0 Å². The van der Waals surface area contributed by atoms with Crippen LogP contribution in [0.25, 0.3) is 0 Å². The maximum Gasteiger partial charge on any atom is 0.243 e. The minimum atomic E-state index is -0.566. The number of carbonyl (C=O) groups is 2. The van der Waals surface area contributed by atoms with Crippen LogP contribution >= 0.6 is 11.8 Å². The van der Waals surface area contributed by atoms with Gasteiger partial charge in [-0.2, -0.15) is 0 Å². The number of nitrogens with one attached hydrogen (secondary N) is 2. The number of benzene rings is 1. The van der Waals surface area contributed by atoms with Gasteiger partial charge in [-0.25, -0.2) is 0 Å². The Labute approximate surface area is 136 Å². The molecule has 0 heterocycles. The summed E-state index contributed by atoms with van der Waals surface area (Å²) in [6, 6.07) is 7.02.